The maximum Gasteiger partial charge on any atom is 0.347 e. The second kappa shape index (κ2) is 3.33. The van der Waals surface area contributed by atoms with Crippen molar-refractivity contribution in [3.8, 4) is 0 Å². The van der Waals surface area contributed by atoms with E-state index < -0.39 is 14.6 Å². The SMILES string of the molecule is CNSS(=O)(=O)C(F)F. The molecule has 0 aromatic rings. The number of alkyl halides is 2. The van der Waals surface area contributed by atoms with Crippen LogP contribution in [-0.2, 0) is 8.87 Å². The monoisotopic (exact) mass is 177 g/mol. The van der Waals surface area contributed by atoms with Gasteiger partial charge >= 0.3 is 5.76 Å². The van der Waals surface area contributed by atoms with Gasteiger partial charge in [0, 0.05) is 0 Å². The van der Waals surface area contributed by atoms with Gasteiger partial charge < -0.3 is 0 Å². The van der Waals surface area contributed by atoms with E-state index in [-0.39, 0.29) is 11.0 Å². The summed E-state index contributed by atoms with van der Waals surface area (Å²) >= 11 is 0. The molecule has 0 aliphatic rings. The number of hydrogen-bond acceptors (Lipinski definition) is 4. The third-order valence-electron chi connectivity index (χ3n) is 0.418. The van der Waals surface area contributed by atoms with Crippen LogP contribution in [0.25, 0.3) is 0 Å². The van der Waals surface area contributed by atoms with Crippen LogP contribution in [0.4, 0.5) is 8.78 Å². The molecule has 0 unspecified atom stereocenters. The first-order chi connectivity index (χ1) is 4.00. The van der Waals surface area contributed by atoms with Crippen molar-refractivity contribution in [3.05, 3.63) is 0 Å². The van der Waals surface area contributed by atoms with Gasteiger partial charge in [-0.1, -0.05) is 0 Å². The standard InChI is InChI=1S/C2H5F2NO2S2/c1-5-8-9(6,7)2(3)4/h2,5H,1H3. The Labute approximate surface area is 55.3 Å². The zero-order valence-electron chi connectivity index (χ0n) is 4.47. The van der Waals surface area contributed by atoms with Crippen LogP contribution >= 0.6 is 11.0 Å². The lowest BCUT2D eigenvalue weighted by molar-refractivity contribution is 0.238. The molecule has 0 spiro atoms. The van der Waals surface area contributed by atoms with Gasteiger partial charge in [-0.2, -0.15) is 8.78 Å². The van der Waals surface area contributed by atoms with Crippen molar-refractivity contribution in [3.63, 3.8) is 0 Å². The van der Waals surface area contributed by atoms with Gasteiger partial charge in [-0.15, -0.1) is 0 Å². The number of hydrogen-bond donors (Lipinski definition) is 1. The normalized spacial score (nSPS) is 12.4. The Kier molecular flexibility index (Phi) is 3.37. The van der Waals surface area contributed by atoms with Crippen molar-refractivity contribution in [2.24, 2.45) is 0 Å². The van der Waals surface area contributed by atoms with Crippen molar-refractivity contribution < 1.29 is 17.2 Å². The van der Waals surface area contributed by atoms with E-state index >= 15 is 0 Å². The van der Waals surface area contributed by atoms with Crippen LogP contribution in [0.15, 0.2) is 0 Å². The minimum atomic E-state index is -4.28. The zero-order chi connectivity index (χ0) is 7.49. The van der Waals surface area contributed by atoms with E-state index in [0.29, 0.717) is 0 Å². The molecule has 0 bridgehead atoms. The summed E-state index contributed by atoms with van der Waals surface area (Å²) < 4.78 is 44.9. The van der Waals surface area contributed by atoms with E-state index in [9.17, 15) is 17.2 Å². The Bertz CT molecular complexity index is 165. The molecule has 0 radical (unpaired) electrons. The van der Waals surface area contributed by atoms with Gasteiger partial charge in [-0.05, 0) is 7.05 Å². The highest BCUT2D eigenvalue weighted by molar-refractivity contribution is 8.71. The van der Waals surface area contributed by atoms with Gasteiger partial charge in [0.25, 0.3) is 8.87 Å². The summed E-state index contributed by atoms with van der Waals surface area (Å²) in [5, 5.41) is 0. The minimum Gasteiger partial charge on any atom is -0.254 e. The first kappa shape index (κ1) is 9.12. The summed E-state index contributed by atoms with van der Waals surface area (Å²) in [5.41, 5.74) is 0. The van der Waals surface area contributed by atoms with Gasteiger partial charge in [-0.3, -0.25) is 4.72 Å². The van der Waals surface area contributed by atoms with Crippen molar-refractivity contribution in [1.82, 2.24) is 4.72 Å². The van der Waals surface area contributed by atoms with E-state index in [2.05, 4.69) is 0 Å². The second-order valence-corrected chi connectivity index (χ2v) is 4.85. The Morgan fingerprint density at radius 2 is 2.00 bits per heavy atom. The lowest BCUT2D eigenvalue weighted by Crippen LogP contribution is -2.10. The molecule has 0 aromatic carbocycles. The van der Waals surface area contributed by atoms with E-state index in [0.717, 1.165) is 0 Å². The largest absolute Gasteiger partial charge is 0.347 e. The molecule has 0 aliphatic heterocycles. The maximum absolute atomic E-state index is 11.4. The fourth-order valence-electron chi connectivity index (χ4n) is 0.153. The van der Waals surface area contributed by atoms with Crippen molar-refractivity contribution >= 4 is 19.8 Å². The average molecular weight is 177 g/mol. The highest BCUT2D eigenvalue weighted by atomic mass is 33.1. The second-order valence-electron chi connectivity index (χ2n) is 1.04. The van der Waals surface area contributed by atoms with Crippen LogP contribution in [0.2, 0.25) is 0 Å². The van der Waals surface area contributed by atoms with E-state index in [1.165, 1.54) is 7.05 Å². The summed E-state index contributed by atoms with van der Waals surface area (Å²) in [6, 6.07) is 0. The molecule has 1 N–H and O–H groups in total. The molecule has 0 amide bonds. The minimum absolute atomic E-state index is 0.0139. The van der Waals surface area contributed by atoms with Gasteiger partial charge in [0.05, 0.1) is 11.0 Å². The molecule has 0 aliphatic carbocycles. The van der Waals surface area contributed by atoms with Crippen LogP contribution in [0.1, 0.15) is 0 Å². The third-order valence-corrected chi connectivity index (χ3v) is 2.89. The molecule has 0 aromatic heterocycles. The van der Waals surface area contributed by atoms with Crippen LogP contribution in [0, 0.1) is 0 Å². The highest BCUT2D eigenvalue weighted by Gasteiger charge is 2.23. The Balaban J connectivity index is 4.05. The summed E-state index contributed by atoms with van der Waals surface area (Å²) in [5.74, 6) is -3.31. The lowest BCUT2D eigenvalue weighted by atomic mass is 11.6. The van der Waals surface area contributed by atoms with Gasteiger partial charge in [0.2, 0.25) is 0 Å². The molecule has 0 saturated heterocycles. The van der Waals surface area contributed by atoms with E-state index in [1.807, 2.05) is 4.72 Å². The predicted molar refractivity (Wildman–Crippen MR) is 31.6 cm³/mol. The van der Waals surface area contributed by atoms with Crippen molar-refractivity contribution in [2.45, 2.75) is 5.76 Å². The molecule has 3 nitrogen and oxygen atoms in total. The van der Waals surface area contributed by atoms with Crippen molar-refractivity contribution in [1.29, 1.82) is 0 Å². The van der Waals surface area contributed by atoms with Crippen LogP contribution in [0.3, 0.4) is 0 Å². The Morgan fingerprint density at radius 1 is 1.56 bits per heavy atom. The zero-order valence-corrected chi connectivity index (χ0v) is 6.10. The molecule has 56 valence electrons. The topological polar surface area (TPSA) is 46.2 Å². The molecule has 0 atom stereocenters. The molecule has 0 fully saturated rings. The molecule has 0 saturated carbocycles. The lowest BCUT2D eigenvalue weighted by Gasteiger charge is -1.97. The molecule has 0 rings (SSSR count). The van der Waals surface area contributed by atoms with E-state index in [4.69, 9.17) is 0 Å². The van der Waals surface area contributed by atoms with Gasteiger partial charge in [-0.25, -0.2) is 8.42 Å². The van der Waals surface area contributed by atoms with Gasteiger partial charge in [0.15, 0.2) is 0 Å². The first-order valence-electron chi connectivity index (χ1n) is 1.88. The number of rotatable bonds is 3. The van der Waals surface area contributed by atoms with Crippen molar-refractivity contribution in [2.75, 3.05) is 7.05 Å². The van der Waals surface area contributed by atoms with Gasteiger partial charge in [0.1, 0.15) is 0 Å². The van der Waals surface area contributed by atoms with Crippen LogP contribution in [0.5, 0.6) is 0 Å². The maximum atomic E-state index is 11.4. The highest BCUT2D eigenvalue weighted by Crippen LogP contribution is 2.15. The average Bonchev–Trinajstić information content (AvgIpc) is 1.65. The van der Waals surface area contributed by atoms with E-state index in [1.54, 1.807) is 0 Å². The summed E-state index contributed by atoms with van der Waals surface area (Å²) in [4.78, 5) is 0. The first-order valence-corrected chi connectivity index (χ1v) is 4.76. The number of nitrogens with one attached hydrogen (secondary N) is 1. The molecule has 7 heteroatoms. The quantitative estimate of drug-likeness (QED) is 0.501. The third kappa shape index (κ3) is 2.97. The van der Waals surface area contributed by atoms with Crippen LogP contribution < -0.4 is 4.72 Å². The van der Waals surface area contributed by atoms with Crippen LogP contribution in [-0.4, -0.2) is 21.2 Å². The summed E-state index contributed by atoms with van der Waals surface area (Å²) in [7, 11) is -3.01. The molecular weight excluding hydrogens is 172 g/mol. The number of halogens is 2. The smallest absolute Gasteiger partial charge is 0.254 e. The molecular formula is C2H5F2NO2S2. The summed E-state index contributed by atoms with van der Waals surface area (Å²) in [6.45, 7) is 0. The predicted octanol–water partition coefficient (Wildman–Crippen LogP) is 0.406. The fraction of sp³-hybridized carbons (Fsp3) is 1.00. The Hall–Kier alpha value is 0.120. The summed E-state index contributed by atoms with van der Waals surface area (Å²) in [6.07, 6.45) is 0. The molecule has 9 heavy (non-hydrogen) atoms. The fourth-order valence-corrected chi connectivity index (χ4v) is 1.37. The Morgan fingerprint density at radius 3 is 2.11 bits per heavy atom. The molecule has 0 heterocycles.